The minimum Gasteiger partial charge on any atom is -0.493 e. The molecule has 0 aromatic heterocycles. The highest BCUT2D eigenvalue weighted by Crippen LogP contribution is 2.20. The van der Waals surface area contributed by atoms with Crippen LogP contribution in [-0.2, 0) is 9.53 Å². The van der Waals surface area contributed by atoms with E-state index in [0.29, 0.717) is 18.4 Å². The zero-order valence-corrected chi connectivity index (χ0v) is 14.8. The molecule has 1 amide bonds. The van der Waals surface area contributed by atoms with Gasteiger partial charge in [0.05, 0.1) is 6.61 Å². The molecule has 2 saturated heterocycles. The monoisotopic (exact) mass is 354 g/mol. The van der Waals surface area contributed by atoms with Crippen LogP contribution in [0.25, 0.3) is 0 Å². The minimum absolute atomic E-state index is 0. The van der Waals surface area contributed by atoms with Gasteiger partial charge in [-0.1, -0.05) is 0 Å². The molecule has 1 aromatic rings. The van der Waals surface area contributed by atoms with Gasteiger partial charge in [-0.3, -0.25) is 4.79 Å². The number of nitrogens with one attached hydrogen (secondary N) is 2. The van der Waals surface area contributed by atoms with Crippen molar-refractivity contribution in [2.45, 2.75) is 38.1 Å². The van der Waals surface area contributed by atoms with E-state index < -0.39 is 0 Å². The second kappa shape index (κ2) is 9.87. The Kier molecular flexibility index (Phi) is 7.82. The van der Waals surface area contributed by atoms with Gasteiger partial charge in [0, 0.05) is 31.4 Å². The summed E-state index contributed by atoms with van der Waals surface area (Å²) in [7, 11) is 0. The smallest absolute Gasteiger partial charge is 0.225 e. The Morgan fingerprint density at radius 3 is 2.62 bits per heavy atom. The van der Waals surface area contributed by atoms with E-state index in [9.17, 15) is 4.79 Å². The number of rotatable bonds is 6. The van der Waals surface area contributed by atoms with Gasteiger partial charge >= 0.3 is 0 Å². The summed E-state index contributed by atoms with van der Waals surface area (Å²) in [4.78, 5) is 12.0. The molecule has 6 heteroatoms. The predicted octanol–water partition coefficient (Wildman–Crippen LogP) is 2.99. The van der Waals surface area contributed by atoms with Crippen molar-refractivity contribution in [3.63, 3.8) is 0 Å². The van der Waals surface area contributed by atoms with Crippen molar-refractivity contribution in [3.05, 3.63) is 24.3 Å². The number of carbonyl (C=O) groups is 1. The van der Waals surface area contributed by atoms with Gasteiger partial charge in [0.2, 0.25) is 5.91 Å². The number of carbonyl (C=O) groups excluding carboxylic acids is 1. The van der Waals surface area contributed by atoms with E-state index in [2.05, 4.69) is 10.6 Å². The fourth-order valence-corrected chi connectivity index (χ4v) is 3.13. The van der Waals surface area contributed by atoms with E-state index in [1.54, 1.807) is 0 Å². The van der Waals surface area contributed by atoms with Gasteiger partial charge in [-0.2, -0.15) is 0 Å². The minimum atomic E-state index is 0. The number of amides is 1. The lowest BCUT2D eigenvalue weighted by Crippen LogP contribution is -2.27. The van der Waals surface area contributed by atoms with Crippen molar-refractivity contribution < 1.29 is 14.3 Å². The van der Waals surface area contributed by atoms with Crippen molar-refractivity contribution in [3.8, 4) is 5.75 Å². The van der Waals surface area contributed by atoms with E-state index in [4.69, 9.17) is 9.47 Å². The van der Waals surface area contributed by atoms with Crippen LogP contribution in [0, 0.1) is 5.92 Å². The topological polar surface area (TPSA) is 59.6 Å². The van der Waals surface area contributed by atoms with Gasteiger partial charge < -0.3 is 20.1 Å². The number of hydrogen-bond donors (Lipinski definition) is 2. The molecule has 5 nitrogen and oxygen atoms in total. The largest absolute Gasteiger partial charge is 0.493 e. The molecule has 24 heavy (non-hydrogen) atoms. The molecular formula is C18H27ClN2O3. The molecule has 1 unspecified atom stereocenters. The van der Waals surface area contributed by atoms with Crippen molar-refractivity contribution in [1.29, 1.82) is 0 Å². The summed E-state index contributed by atoms with van der Waals surface area (Å²) in [6.45, 7) is 3.45. The highest BCUT2D eigenvalue weighted by atomic mass is 35.5. The normalized spacial score (nSPS) is 21.1. The maximum absolute atomic E-state index is 12.0. The highest BCUT2D eigenvalue weighted by Gasteiger charge is 2.17. The third-order valence-electron chi connectivity index (χ3n) is 4.56. The van der Waals surface area contributed by atoms with Gasteiger partial charge in [0.1, 0.15) is 5.75 Å². The lowest BCUT2D eigenvalue weighted by Gasteiger charge is -2.22. The van der Waals surface area contributed by atoms with E-state index in [0.717, 1.165) is 63.5 Å². The highest BCUT2D eigenvalue weighted by molar-refractivity contribution is 5.91. The molecular weight excluding hydrogens is 328 g/mol. The van der Waals surface area contributed by atoms with Crippen molar-refractivity contribution in [2.24, 2.45) is 5.92 Å². The lowest BCUT2D eigenvalue weighted by molar-refractivity contribution is -0.116. The molecule has 1 atom stereocenters. The van der Waals surface area contributed by atoms with Crippen LogP contribution >= 0.6 is 12.4 Å². The molecule has 0 spiro atoms. The predicted molar refractivity (Wildman–Crippen MR) is 97.0 cm³/mol. The van der Waals surface area contributed by atoms with Crippen LogP contribution < -0.4 is 15.4 Å². The molecule has 2 heterocycles. The zero-order valence-electron chi connectivity index (χ0n) is 14.0. The molecule has 2 N–H and O–H groups in total. The molecule has 1 aromatic carbocycles. The average molecular weight is 355 g/mol. The van der Waals surface area contributed by atoms with E-state index in [-0.39, 0.29) is 18.3 Å². The standard InChI is InChI=1S/C18H26N2O3.ClH/c21-18(12-16-2-1-9-19-16)20-15-3-5-17(6-4-15)23-13-14-7-10-22-11-8-14;/h3-6,14,16,19H,1-2,7-13H2,(H,20,21);1H. The molecule has 0 aliphatic carbocycles. The quantitative estimate of drug-likeness (QED) is 0.824. The van der Waals surface area contributed by atoms with Crippen LogP contribution in [0.4, 0.5) is 5.69 Å². The summed E-state index contributed by atoms with van der Waals surface area (Å²) >= 11 is 0. The van der Waals surface area contributed by atoms with Gasteiger partial charge in [0.15, 0.2) is 0 Å². The summed E-state index contributed by atoms with van der Waals surface area (Å²) in [6, 6.07) is 7.97. The average Bonchev–Trinajstić information content (AvgIpc) is 3.08. The summed E-state index contributed by atoms with van der Waals surface area (Å²) in [5.74, 6) is 1.51. The third-order valence-corrected chi connectivity index (χ3v) is 4.56. The van der Waals surface area contributed by atoms with Crippen LogP contribution in [0.1, 0.15) is 32.1 Å². The van der Waals surface area contributed by atoms with Crippen molar-refractivity contribution in [2.75, 3.05) is 31.7 Å². The maximum Gasteiger partial charge on any atom is 0.225 e. The number of ether oxygens (including phenoxy) is 2. The molecule has 0 radical (unpaired) electrons. The van der Waals surface area contributed by atoms with Crippen LogP contribution in [0.3, 0.4) is 0 Å². The molecule has 3 rings (SSSR count). The second-order valence-corrected chi connectivity index (χ2v) is 6.44. The summed E-state index contributed by atoms with van der Waals surface area (Å²) in [5, 5.41) is 6.29. The number of hydrogen-bond acceptors (Lipinski definition) is 4. The first-order chi connectivity index (χ1) is 11.3. The van der Waals surface area contributed by atoms with E-state index in [1.807, 2.05) is 24.3 Å². The molecule has 2 aliphatic rings. The van der Waals surface area contributed by atoms with Gasteiger partial charge in [-0.15, -0.1) is 12.4 Å². The van der Waals surface area contributed by atoms with Crippen LogP contribution in [0.15, 0.2) is 24.3 Å². The first kappa shape index (κ1) is 19.0. The zero-order chi connectivity index (χ0) is 15.9. The maximum atomic E-state index is 12.0. The van der Waals surface area contributed by atoms with E-state index in [1.165, 1.54) is 0 Å². The van der Waals surface area contributed by atoms with Crippen molar-refractivity contribution in [1.82, 2.24) is 5.32 Å². The van der Waals surface area contributed by atoms with Gasteiger partial charge in [-0.05, 0) is 62.4 Å². The second-order valence-electron chi connectivity index (χ2n) is 6.44. The summed E-state index contributed by atoms with van der Waals surface area (Å²) < 4.78 is 11.2. The first-order valence-corrected chi connectivity index (χ1v) is 8.63. The molecule has 2 aliphatic heterocycles. The Morgan fingerprint density at radius 1 is 1.21 bits per heavy atom. The fourth-order valence-electron chi connectivity index (χ4n) is 3.13. The van der Waals surface area contributed by atoms with E-state index >= 15 is 0 Å². The van der Waals surface area contributed by atoms with Crippen molar-refractivity contribution >= 4 is 24.0 Å². The lowest BCUT2D eigenvalue weighted by atomic mass is 10.0. The SMILES string of the molecule is Cl.O=C(CC1CCCN1)Nc1ccc(OCC2CCOCC2)cc1. The Hall–Kier alpha value is -1.30. The van der Waals surface area contributed by atoms with Gasteiger partial charge in [-0.25, -0.2) is 0 Å². The Balaban J connectivity index is 0.00000208. The number of halogens is 1. The van der Waals surface area contributed by atoms with Crippen LogP contribution in [-0.4, -0.2) is 38.3 Å². The molecule has 2 fully saturated rings. The Bertz CT molecular complexity index is 497. The van der Waals surface area contributed by atoms with Crippen LogP contribution in [0.2, 0.25) is 0 Å². The Morgan fingerprint density at radius 2 is 1.96 bits per heavy atom. The third kappa shape index (κ3) is 5.96. The Labute approximate surface area is 149 Å². The number of benzene rings is 1. The molecule has 134 valence electrons. The molecule has 0 saturated carbocycles. The van der Waals surface area contributed by atoms with Crippen LogP contribution in [0.5, 0.6) is 5.75 Å². The molecule has 0 bridgehead atoms. The summed E-state index contributed by atoms with van der Waals surface area (Å²) in [5.41, 5.74) is 0.825. The first-order valence-electron chi connectivity index (χ1n) is 8.63. The summed E-state index contributed by atoms with van der Waals surface area (Å²) in [6.07, 6.45) is 4.94. The number of anilines is 1. The van der Waals surface area contributed by atoms with Gasteiger partial charge in [0.25, 0.3) is 0 Å². The fraction of sp³-hybridized carbons (Fsp3) is 0.611.